The molecule has 9 nitrogen and oxygen atoms in total. The van der Waals surface area contributed by atoms with E-state index in [9.17, 15) is 30.3 Å². The Morgan fingerprint density at radius 3 is 1.10 bits per heavy atom. The van der Waals surface area contributed by atoms with E-state index in [-0.39, 0.29) is 12.5 Å². The van der Waals surface area contributed by atoms with Crippen molar-refractivity contribution in [3.05, 3.63) is 134 Å². The fourth-order valence-electron chi connectivity index (χ4n) is 10.1. The van der Waals surface area contributed by atoms with Gasteiger partial charge < -0.3 is 40.3 Å². The van der Waals surface area contributed by atoms with Gasteiger partial charge in [0.2, 0.25) is 5.91 Å². The quantitative estimate of drug-likeness (QED) is 0.0261. The van der Waals surface area contributed by atoms with Crippen molar-refractivity contribution in [2.24, 2.45) is 0 Å². The Hall–Kier alpha value is -3.67. The van der Waals surface area contributed by atoms with Crippen molar-refractivity contribution in [3.63, 3.8) is 0 Å². The molecular formula is C75H127NO8. The van der Waals surface area contributed by atoms with E-state index >= 15 is 0 Å². The molecule has 1 aliphatic heterocycles. The third-order valence-electron chi connectivity index (χ3n) is 15.5. The zero-order valence-electron chi connectivity index (χ0n) is 53.6. The van der Waals surface area contributed by atoms with Crippen LogP contribution in [0.15, 0.2) is 134 Å². The molecule has 1 heterocycles. The second-order valence-electron chi connectivity index (χ2n) is 23.2. The van der Waals surface area contributed by atoms with Gasteiger partial charge in [0.1, 0.15) is 24.4 Å². The minimum atomic E-state index is -1.58. The number of rotatable bonds is 58. The highest BCUT2D eigenvalue weighted by molar-refractivity contribution is 5.76. The van der Waals surface area contributed by atoms with Gasteiger partial charge in [-0.2, -0.15) is 0 Å². The normalized spacial score (nSPS) is 19.1. The number of carbonyl (C=O) groups excluding carboxylic acids is 1. The van der Waals surface area contributed by atoms with E-state index in [0.717, 1.165) is 128 Å². The molecular weight excluding hydrogens is 1040 g/mol. The van der Waals surface area contributed by atoms with Crippen molar-refractivity contribution < 1.29 is 39.8 Å². The van der Waals surface area contributed by atoms with Crippen LogP contribution in [0.2, 0.25) is 0 Å². The fraction of sp³-hybridized carbons (Fsp3) is 0.693. The molecule has 0 aliphatic carbocycles. The Morgan fingerprint density at radius 1 is 0.417 bits per heavy atom. The average Bonchev–Trinajstić information content (AvgIpc) is 3.70. The molecule has 84 heavy (non-hydrogen) atoms. The first kappa shape index (κ1) is 78.3. The van der Waals surface area contributed by atoms with E-state index in [1.807, 2.05) is 6.08 Å². The van der Waals surface area contributed by atoms with E-state index in [0.29, 0.717) is 6.42 Å². The van der Waals surface area contributed by atoms with E-state index in [4.69, 9.17) is 9.47 Å². The molecule has 1 aliphatic rings. The molecule has 6 N–H and O–H groups in total. The van der Waals surface area contributed by atoms with Crippen molar-refractivity contribution in [1.82, 2.24) is 5.32 Å². The minimum Gasteiger partial charge on any atom is -0.394 e. The highest BCUT2D eigenvalue weighted by Gasteiger charge is 2.44. The van der Waals surface area contributed by atoms with Gasteiger partial charge in [-0.05, 0) is 96.3 Å². The van der Waals surface area contributed by atoms with Crippen molar-refractivity contribution in [3.8, 4) is 0 Å². The SMILES string of the molecule is CC/C=C\C/C=C\C/C=C\C/C=C\C/C=C\C/C=C\C/C=C\C/C=C\C/C=C\C/C=C\CCCCCCCCC(=O)NC(COC1OC(CO)C(O)C(O)C1O)C(O)/C=C/CCCCCCCCCCCCCCCCCCCCCCCC. The molecule has 1 rings (SSSR count). The van der Waals surface area contributed by atoms with E-state index < -0.39 is 49.5 Å². The Kier molecular flexibility index (Phi) is 58.2. The lowest BCUT2D eigenvalue weighted by Crippen LogP contribution is -2.60. The summed E-state index contributed by atoms with van der Waals surface area (Å²) in [5.41, 5.74) is 0. The van der Waals surface area contributed by atoms with Crippen LogP contribution in [-0.2, 0) is 14.3 Å². The summed E-state index contributed by atoms with van der Waals surface area (Å²) in [6, 6.07) is -0.824. The van der Waals surface area contributed by atoms with Crippen LogP contribution in [0.1, 0.15) is 277 Å². The first-order valence-electron chi connectivity index (χ1n) is 34.4. The number of aliphatic hydroxyl groups is 5. The lowest BCUT2D eigenvalue weighted by molar-refractivity contribution is -0.302. The van der Waals surface area contributed by atoms with Crippen LogP contribution in [0.4, 0.5) is 0 Å². The van der Waals surface area contributed by atoms with Crippen LogP contribution >= 0.6 is 0 Å². The van der Waals surface area contributed by atoms with Gasteiger partial charge in [-0.15, -0.1) is 0 Å². The zero-order valence-corrected chi connectivity index (χ0v) is 53.6. The fourth-order valence-corrected chi connectivity index (χ4v) is 10.1. The monoisotopic (exact) mass is 1170 g/mol. The van der Waals surface area contributed by atoms with Gasteiger partial charge in [-0.25, -0.2) is 0 Å². The van der Waals surface area contributed by atoms with Gasteiger partial charge in [-0.3, -0.25) is 4.79 Å². The van der Waals surface area contributed by atoms with Crippen LogP contribution in [0, 0.1) is 0 Å². The molecule has 0 spiro atoms. The van der Waals surface area contributed by atoms with E-state index in [1.54, 1.807) is 6.08 Å². The largest absolute Gasteiger partial charge is 0.394 e. The van der Waals surface area contributed by atoms with Crippen LogP contribution in [0.5, 0.6) is 0 Å². The maximum atomic E-state index is 13.1. The van der Waals surface area contributed by atoms with Crippen LogP contribution in [0.3, 0.4) is 0 Å². The third kappa shape index (κ3) is 50.5. The van der Waals surface area contributed by atoms with E-state index in [2.05, 4.69) is 141 Å². The smallest absolute Gasteiger partial charge is 0.220 e. The molecule has 0 aromatic rings. The molecule has 7 unspecified atom stereocenters. The van der Waals surface area contributed by atoms with Crippen molar-refractivity contribution in [2.45, 2.75) is 320 Å². The summed E-state index contributed by atoms with van der Waals surface area (Å²) >= 11 is 0. The van der Waals surface area contributed by atoms with Crippen molar-refractivity contribution >= 4 is 5.91 Å². The Morgan fingerprint density at radius 2 is 0.738 bits per heavy atom. The van der Waals surface area contributed by atoms with Crippen molar-refractivity contribution in [1.29, 1.82) is 0 Å². The number of carbonyl (C=O) groups is 1. The highest BCUT2D eigenvalue weighted by atomic mass is 16.7. The maximum absolute atomic E-state index is 13.1. The van der Waals surface area contributed by atoms with Gasteiger partial charge in [0.05, 0.1) is 25.4 Å². The standard InChI is InChI=1S/C75H127NO8/c1-3-5-7-9-11-13-15-17-19-21-23-25-27-29-30-31-32-33-34-35-36-37-38-39-40-41-43-45-47-49-51-53-55-57-59-61-63-65-71(79)76-68(67-83-75-74(82)73(81)72(80)70(66-77)84-75)69(78)64-62-60-58-56-54-52-50-48-46-44-42-28-26-24-22-20-18-16-14-12-10-8-6-4-2/h5,7,11,13,17,19,23,25,29-30,32-33,35-36,38-39,41,43,47,49,62,64,68-70,72-75,77-78,80-82H,3-4,6,8-10,12,14-16,18,20-22,24,26-28,31,34,37,40,42,44-46,48,50-61,63,65-67H2,1-2H3,(H,76,79)/b7-5-,13-11-,19-17-,25-23-,30-29-,33-32-,36-35-,39-38-,43-41-,49-47-,64-62+. The molecule has 0 aromatic heterocycles. The second kappa shape index (κ2) is 62.4. The average molecular weight is 1170 g/mol. The van der Waals surface area contributed by atoms with Gasteiger partial charge in [-0.1, -0.05) is 308 Å². The lowest BCUT2D eigenvalue weighted by atomic mass is 9.99. The summed E-state index contributed by atoms with van der Waals surface area (Å²) in [7, 11) is 0. The first-order valence-corrected chi connectivity index (χ1v) is 34.4. The topological polar surface area (TPSA) is 149 Å². The zero-order chi connectivity index (χ0) is 60.7. The summed E-state index contributed by atoms with van der Waals surface area (Å²) in [5.74, 6) is -0.194. The highest BCUT2D eigenvalue weighted by Crippen LogP contribution is 2.23. The molecule has 7 atom stereocenters. The number of aliphatic hydroxyl groups excluding tert-OH is 5. The number of nitrogens with one attached hydrogen (secondary N) is 1. The summed E-state index contributed by atoms with van der Waals surface area (Å²) in [6.07, 6.45) is 88.2. The van der Waals surface area contributed by atoms with Gasteiger partial charge in [0.15, 0.2) is 6.29 Å². The third-order valence-corrected chi connectivity index (χ3v) is 15.5. The van der Waals surface area contributed by atoms with Gasteiger partial charge in [0, 0.05) is 6.42 Å². The number of hydrogen-bond donors (Lipinski definition) is 6. The van der Waals surface area contributed by atoms with Gasteiger partial charge in [0.25, 0.3) is 0 Å². The number of allylic oxidation sites excluding steroid dienone is 21. The number of amides is 1. The number of hydrogen-bond acceptors (Lipinski definition) is 8. The van der Waals surface area contributed by atoms with Crippen LogP contribution < -0.4 is 5.32 Å². The van der Waals surface area contributed by atoms with Gasteiger partial charge >= 0.3 is 0 Å². The number of unbranched alkanes of at least 4 members (excludes halogenated alkanes) is 28. The maximum Gasteiger partial charge on any atom is 0.220 e. The molecule has 0 aromatic carbocycles. The summed E-state index contributed by atoms with van der Waals surface area (Å²) in [5, 5.41) is 54.7. The second-order valence-corrected chi connectivity index (χ2v) is 23.2. The molecule has 1 amide bonds. The Labute approximate surface area is 515 Å². The molecule has 0 saturated carbocycles. The minimum absolute atomic E-state index is 0.194. The molecule has 9 heteroatoms. The summed E-state index contributed by atoms with van der Waals surface area (Å²) in [4.78, 5) is 13.1. The summed E-state index contributed by atoms with van der Waals surface area (Å²) < 4.78 is 11.3. The number of ether oxygens (including phenoxy) is 2. The predicted octanol–water partition coefficient (Wildman–Crippen LogP) is 18.8. The molecule has 0 bridgehead atoms. The van der Waals surface area contributed by atoms with Crippen LogP contribution in [0.25, 0.3) is 0 Å². The van der Waals surface area contributed by atoms with E-state index in [1.165, 1.54) is 128 Å². The first-order chi connectivity index (χ1) is 41.3. The Balaban J connectivity index is 2.19. The Bertz CT molecular complexity index is 1790. The predicted molar refractivity (Wildman–Crippen MR) is 359 cm³/mol. The molecule has 480 valence electrons. The molecule has 0 radical (unpaired) electrons. The van der Waals surface area contributed by atoms with Crippen molar-refractivity contribution in [2.75, 3.05) is 13.2 Å². The molecule has 1 fully saturated rings. The summed E-state index contributed by atoms with van der Waals surface area (Å²) in [6.45, 7) is 3.67. The lowest BCUT2D eigenvalue weighted by Gasteiger charge is -2.40. The molecule has 1 saturated heterocycles. The van der Waals surface area contributed by atoms with Crippen LogP contribution in [-0.4, -0.2) is 87.5 Å².